The van der Waals surface area contributed by atoms with E-state index >= 15 is 0 Å². The fourth-order valence-electron chi connectivity index (χ4n) is 2.54. The van der Waals surface area contributed by atoms with Crippen LogP contribution in [0.3, 0.4) is 0 Å². The molecule has 1 amide bonds. The second kappa shape index (κ2) is 7.21. The molecule has 6 nitrogen and oxygen atoms in total. The van der Waals surface area contributed by atoms with Crippen molar-refractivity contribution in [2.75, 3.05) is 19.6 Å². The number of sulfonamides is 1. The van der Waals surface area contributed by atoms with Crippen molar-refractivity contribution >= 4 is 15.9 Å². The van der Waals surface area contributed by atoms with Gasteiger partial charge in [0, 0.05) is 25.7 Å². The maximum absolute atomic E-state index is 12.6. The predicted octanol–water partition coefficient (Wildman–Crippen LogP) is 0.551. The van der Waals surface area contributed by atoms with Crippen molar-refractivity contribution < 1.29 is 13.2 Å². The number of rotatable bonds is 5. The molecule has 22 heavy (non-hydrogen) atoms. The lowest BCUT2D eigenvalue weighted by Gasteiger charge is -2.31. The number of hydrogen-bond donors (Lipinski definition) is 2. The summed E-state index contributed by atoms with van der Waals surface area (Å²) in [4.78, 5) is 12.5. The normalized spacial score (nSPS) is 21.3. The summed E-state index contributed by atoms with van der Waals surface area (Å²) in [6.07, 6.45) is 1.38. The largest absolute Gasteiger partial charge is 0.352 e. The Bertz CT molecular complexity index is 604. The standard InChI is InChI=1S/C15H23N3O3S/c1-12(10-16)17-15(19)13-6-5-9-18(11-13)22(20,21)14-7-3-2-4-8-14/h2-4,7-8,12-13H,5-6,9-11,16H2,1H3,(H,17,19)/t12-,13?/m0/s1. The third kappa shape index (κ3) is 3.85. The molecule has 1 aromatic carbocycles. The van der Waals surface area contributed by atoms with Crippen molar-refractivity contribution in [1.82, 2.24) is 9.62 Å². The minimum Gasteiger partial charge on any atom is -0.352 e. The van der Waals surface area contributed by atoms with Crippen LogP contribution in [0.1, 0.15) is 19.8 Å². The zero-order valence-corrected chi connectivity index (χ0v) is 13.6. The van der Waals surface area contributed by atoms with Crippen LogP contribution in [0.25, 0.3) is 0 Å². The molecule has 1 saturated heterocycles. The lowest BCUT2D eigenvalue weighted by molar-refractivity contribution is -0.126. The van der Waals surface area contributed by atoms with Crippen molar-refractivity contribution in [2.24, 2.45) is 11.7 Å². The van der Waals surface area contributed by atoms with Gasteiger partial charge in [0.1, 0.15) is 0 Å². The summed E-state index contributed by atoms with van der Waals surface area (Å²) < 4.78 is 26.6. The summed E-state index contributed by atoms with van der Waals surface area (Å²) in [5.74, 6) is -0.438. The first-order valence-corrected chi connectivity index (χ1v) is 8.95. The van der Waals surface area contributed by atoms with Gasteiger partial charge in [-0.15, -0.1) is 0 Å². The van der Waals surface area contributed by atoms with E-state index in [1.807, 2.05) is 6.92 Å². The molecule has 122 valence electrons. The van der Waals surface area contributed by atoms with E-state index in [9.17, 15) is 13.2 Å². The van der Waals surface area contributed by atoms with Gasteiger partial charge in [-0.2, -0.15) is 4.31 Å². The van der Waals surface area contributed by atoms with Gasteiger partial charge in [0.2, 0.25) is 15.9 Å². The summed E-state index contributed by atoms with van der Waals surface area (Å²) in [5, 5.41) is 2.83. The second-order valence-corrected chi connectivity index (χ2v) is 7.60. The van der Waals surface area contributed by atoms with Gasteiger partial charge in [0.15, 0.2) is 0 Å². The minimum absolute atomic E-state index is 0.103. The van der Waals surface area contributed by atoms with Gasteiger partial charge >= 0.3 is 0 Å². The highest BCUT2D eigenvalue weighted by atomic mass is 32.2. The highest BCUT2D eigenvalue weighted by molar-refractivity contribution is 7.89. The molecular formula is C15H23N3O3S. The van der Waals surface area contributed by atoms with Gasteiger partial charge in [0.05, 0.1) is 10.8 Å². The Balaban J connectivity index is 2.09. The molecule has 2 atom stereocenters. The van der Waals surface area contributed by atoms with E-state index in [-0.39, 0.29) is 29.3 Å². The predicted molar refractivity (Wildman–Crippen MR) is 84.6 cm³/mol. The van der Waals surface area contributed by atoms with Crippen LogP contribution in [-0.2, 0) is 14.8 Å². The Kier molecular flexibility index (Phi) is 5.55. The number of hydrogen-bond acceptors (Lipinski definition) is 4. The van der Waals surface area contributed by atoms with Crippen molar-refractivity contribution in [3.63, 3.8) is 0 Å². The highest BCUT2D eigenvalue weighted by Gasteiger charge is 2.33. The molecule has 1 aliphatic rings. The third-order valence-corrected chi connectivity index (χ3v) is 5.76. The highest BCUT2D eigenvalue weighted by Crippen LogP contribution is 2.23. The molecule has 3 N–H and O–H groups in total. The van der Waals surface area contributed by atoms with Crippen LogP contribution in [-0.4, -0.2) is 44.3 Å². The lowest BCUT2D eigenvalue weighted by Crippen LogP contribution is -2.48. The summed E-state index contributed by atoms with van der Waals surface area (Å²) >= 11 is 0. The van der Waals surface area contributed by atoms with Crippen molar-refractivity contribution in [1.29, 1.82) is 0 Å². The van der Waals surface area contributed by atoms with Crippen LogP contribution in [0.2, 0.25) is 0 Å². The van der Waals surface area contributed by atoms with E-state index in [4.69, 9.17) is 5.73 Å². The van der Waals surface area contributed by atoms with Crippen molar-refractivity contribution in [3.8, 4) is 0 Å². The van der Waals surface area contributed by atoms with Gasteiger partial charge in [-0.05, 0) is 31.9 Å². The summed E-state index contributed by atoms with van der Waals surface area (Å²) in [6.45, 7) is 2.87. The number of nitrogens with zero attached hydrogens (tertiary/aromatic N) is 1. The first-order chi connectivity index (χ1) is 10.4. The topological polar surface area (TPSA) is 92.5 Å². The number of carbonyl (C=O) groups is 1. The first-order valence-electron chi connectivity index (χ1n) is 7.50. The Labute approximate surface area is 131 Å². The molecule has 0 aromatic heterocycles. The lowest BCUT2D eigenvalue weighted by atomic mass is 9.98. The van der Waals surface area contributed by atoms with Crippen LogP contribution in [0, 0.1) is 5.92 Å². The number of carbonyl (C=O) groups excluding carboxylic acids is 1. The molecule has 0 spiro atoms. The van der Waals surface area contributed by atoms with Crippen molar-refractivity contribution in [2.45, 2.75) is 30.7 Å². The van der Waals surface area contributed by atoms with E-state index in [1.165, 1.54) is 4.31 Å². The molecule has 0 radical (unpaired) electrons. The van der Waals surface area contributed by atoms with Crippen LogP contribution in [0.5, 0.6) is 0 Å². The van der Waals surface area contributed by atoms with Gasteiger partial charge < -0.3 is 11.1 Å². The molecule has 2 rings (SSSR count). The van der Waals surface area contributed by atoms with E-state index in [1.54, 1.807) is 30.3 Å². The third-order valence-electron chi connectivity index (χ3n) is 3.88. The number of nitrogens with one attached hydrogen (secondary N) is 1. The maximum Gasteiger partial charge on any atom is 0.243 e. The van der Waals surface area contributed by atoms with Crippen LogP contribution in [0.4, 0.5) is 0 Å². The average Bonchev–Trinajstić information content (AvgIpc) is 2.55. The number of benzene rings is 1. The minimum atomic E-state index is -3.53. The van der Waals surface area contributed by atoms with Gasteiger partial charge in [0.25, 0.3) is 0 Å². The van der Waals surface area contributed by atoms with E-state index in [0.717, 1.165) is 0 Å². The molecule has 0 bridgehead atoms. The van der Waals surface area contributed by atoms with Crippen LogP contribution < -0.4 is 11.1 Å². The summed E-state index contributed by atoms with van der Waals surface area (Å²) in [6, 6.07) is 8.23. The fraction of sp³-hybridized carbons (Fsp3) is 0.533. The average molecular weight is 325 g/mol. The molecule has 1 aromatic rings. The zero-order valence-electron chi connectivity index (χ0n) is 12.7. The van der Waals surface area contributed by atoms with Gasteiger partial charge in [-0.25, -0.2) is 8.42 Å². The number of amides is 1. The number of piperidine rings is 1. The van der Waals surface area contributed by atoms with Crippen LogP contribution in [0.15, 0.2) is 35.2 Å². The van der Waals surface area contributed by atoms with Gasteiger partial charge in [-0.3, -0.25) is 4.79 Å². The fourth-order valence-corrected chi connectivity index (χ4v) is 4.08. The molecule has 1 unspecified atom stereocenters. The second-order valence-electron chi connectivity index (χ2n) is 5.66. The summed E-state index contributed by atoms with van der Waals surface area (Å²) in [5.41, 5.74) is 5.50. The Morgan fingerprint density at radius 1 is 1.41 bits per heavy atom. The van der Waals surface area contributed by atoms with Crippen molar-refractivity contribution in [3.05, 3.63) is 30.3 Å². The number of nitrogens with two attached hydrogens (primary N) is 1. The summed E-state index contributed by atoms with van der Waals surface area (Å²) in [7, 11) is -3.53. The van der Waals surface area contributed by atoms with Gasteiger partial charge in [-0.1, -0.05) is 18.2 Å². The molecule has 0 aliphatic carbocycles. The maximum atomic E-state index is 12.6. The van der Waals surface area contributed by atoms with E-state index in [2.05, 4.69) is 5.32 Å². The SMILES string of the molecule is C[C@@H](CN)NC(=O)C1CCCN(S(=O)(=O)c2ccccc2)C1. The monoisotopic (exact) mass is 325 g/mol. The smallest absolute Gasteiger partial charge is 0.243 e. The molecule has 1 aliphatic heterocycles. The van der Waals surface area contributed by atoms with E-state index < -0.39 is 10.0 Å². The quantitative estimate of drug-likeness (QED) is 0.827. The molecule has 0 saturated carbocycles. The van der Waals surface area contributed by atoms with Crippen LogP contribution >= 0.6 is 0 Å². The molecule has 1 heterocycles. The Hall–Kier alpha value is -1.44. The first kappa shape index (κ1) is 16.9. The molecule has 1 fully saturated rings. The molecule has 7 heteroatoms. The zero-order chi connectivity index (χ0) is 16.2. The Morgan fingerprint density at radius 3 is 2.73 bits per heavy atom. The van der Waals surface area contributed by atoms with E-state index in [0.29, 0.717) is 25.9 Å². The molecular weight excluding hydrogens is 302 g/mol. The Morgan fingerprint density at radius 2 is 2.09 bits per heavy atom.